The molecule has 17 heavy (non-hydrogen) atoms. The van der Waals surface area contributed by atoms with Gasteiger partial charge in [0.2, 0.25) is 5.82 Å². The van der Waals surface area contributed by atoms with Crippen LogP contribution in [-0.4, -0.2) is 40.1 Å². The van der Waals surface area contributed by atoms with Gasteiger partial charge in [0.05, 0.1) is 18.8 Å². The molecule has 0 saturated carbocycles. The van der Waals surface area contributed by atoms with Crippen molar-refractivity contribution in [3.05, 3.63) is 11.6 Å². The lowest BCUT2D eigenvalue weighted by molar-refractivity contribution is 0.00630. The molecule has 0 spiro atoms. The highest BCUT2D eigenvalue weighted by molar-refractivity contribution is 5.85. The van der Waals surface area contributed by atoms with Crippen LogP contribution in [0.5, 0.6) is 0 Å². The van der Waals surface area contributed by atoms with Gasteiger partial charge in [0.1, 0.15) is 5.82 Å². The average molecular weight is 241 g/mol. The third-order valence-electron chi connectivity index (χ3n) is 2.49. The zero-order valence-corrected chi connectivity index (χ0v) is 11.0. The van der Waals surface area contributed by atoms with Crippen molar-refractivity contribution in [2.45, 2.75) is 39.8 Å². The van der Waals surface area contributed by atoms with Gasteiger partial charge in [-0.15, -0.1) is 10.2 Å². The predicted molar refractivity (Wildman–Crippen MR) is 61.8 cm³/mol. The zero-order valence-electron chi connectivity index (χ0n) is 11.0. The molecule has 0 radical (unpaired) electrons. The molecule has 6 heteroatoms. The minimum absolute atomic E-state index is 0.217. The number of aromatic nitrogens is 3. The van der Waals surface area contributed by atoms with Crippen LogP contribution < -0.4 is 0 Å². The van der Waals surface area contributed by atoms with Crippen LogP contribution in [0.1, 0.15) is 37.2 Å². The van der Waals surface area contributed by atoms with E-state index < -0.39 is 11.6 Å². The molecule has 0 aliphatic carbocycles. The van der Waals surface area contributed by atoms with E-state index in [0.29, 0.717) is 19.0 Å². The molecule has 0 aliphatic heterocycles. The van der Waals surface area contributed by atoms with Gasteiger partial charge in [0.15, 0.2) is 0 Å². The molecule has 1 heterocycles. The van der Waals surface area contributed by atoms with Gasteiger partial charge < -0.3 is 14.0 Å². The first-order valence-electron chi connectivity index (χ1n) is 5.53. The van der Waals surface area contributed by atoms with Gasteiger partial charge >= 0.3 is 5.97 Å². The predicted octanol–water partition coefficient (Wildman–Crippen LogP) is 1.19. The molecule has 0 aliphatic rings. The summed E-state index contributed by atoms with van der Waals surface area (Å²) in [7, 11) is 1.63. The molecular weight excluding hydrogens is 222 g/mol. The van der Waals surface area contributed by atoms with Crippen LogP contribution in [0.15, 0.2) is 0 Å². The van der Waals surface area contributed by atoms with Crippen molar-refractivity contribution in [2.75, 3.05) is 13.7 Å². The Morgan fingerprint density at radius 3 is 2.59 bits per heavy atom. The molecule has 0 bridgehead atoms. The first kappa shape index (κ1) is 13.6. The molecule has 0 N–H and O–H groups in total. The van der Waals surface area contributed by atoms with Crippen molar-refractivity contribution in [1.29, 1.82) is 0 Å². The van der Waals surface area contributed by atoms with E-state index in [1.54, 1.807) is 25.5 Å². The van der Waals surface area contributed by atoms with Gasteiger partial charge in [0.25, 0.3) is 0 Å². The molecule has 1 rings (SSSR count). The second-order valence-corrected chi connectivity index (χ2v) is 4.34. The van der Waals surface area contributed by atoms with Crippen LogP contribution in [0, 0.1) is 6.92 Å². The van der Waals surface area contributed by atoms with Gasteiger partial charge in [-0.3, -0.25) is 0 Å². The number of carbonyl (C=O) groups is 1. The van der Waals surface area contributed by atoms with E-state index in [1.807, 2.05) is 13.8 Å². The van der Waals surface area contributed by atoms with Gasteiger partial charge in [-0.2, -0.15) is 0 Å². The normalized spacial score (nSPS) is 11.6. The number of hydrogen-bond donors (Lipinski definition) is 0. The summed E-state index contributed by atoms with van der Waals surface area (Å²) in [5.41, 5.74) is -0.394. The molecule has 6 nitrogen and oxygen atoms in total. The van der Waals surface area contributed by atoms with E-state index in [0.717, 1.165) is 0 Å². The quantitative estimate of drug-likeness (QED) is 0.724. The highest BCUT2D eigenvalue weighted by atomic mass is 16.5. The van der Waals surface area contributed by atoms with Gasteiger partial charge in [-0.25, -0.2) is 4.79 Å². The summed E-state index contributed by atoms with van der Waals surface area (Å²) in [6.45, 7) is 8.23. The number of methoxy groups -OCH3 is 1. The van der Waals surface area contributed by atoms with Gasteiger partial charge in [-0.1, -0.05) is 0 Å². The first-order chi connectivity index (χ1) is 7.91. The number of hydrogen-bond acceptors (Lipinski definition) is 5. The Morgan fingerprint density at radius 1 is 1.41 bits per heavy atom. The van der Waals surface area contributed by atoms with Crippen molar-refractivity contribution in [3.8, 4) is 0 Å². The van der Waals surface area contributed by atoms with E-state index >= 15 is 0 Å². The molecule has 0 saturated heterocycles. The standard InChI is InChI=1S/C11H19N3O3/c1-6-17-10(15)9-13-12-8(2)14(9)7-11(3,4)16-5/h6-7H2,1-5H3. The van der Waals surface area contributed by atoms with Crippen LogP contribution in [0.3, 0.4) is 0 Å². The lowest BCUT2D eigenvalue weighted by atomic mass is 10.1. The SMILES string of the molecule is CCOC(=O)c1nnc(C)n1CC(C)(C)OC. The molecular formula is C11H19N3O3. The molecule has 0 fully saturated rings. The summed E-state index contributed by atoms with van der Waals surface area (Å²) in [5, 5.41) is 7.73. The highest BCUT2D eigenvalue weighted by Crippen LogP contribution is 2.14. The summed E-state index contributed by atoms with van der Waals surface area (Å²) < 4.78 is 12.0. The Morgan fingerprint density at radius 2 is 2.06 bits per heavy atom. The molecule has 0 amide bonds. The van der Waals surface area contributed by atoms with E-state index in [-0.39, 0.29) is 5.82 Å². The minimum Gasteiger partial charge on any atom is -0.460 e. The molecule has 0 atom stereocenters. The lowest BCUT2D eigenvalue weighted by Gasteiger charge is -2.24. The molecule has 0 unspecified atom stereocenters. The third-order valence-corrected chi connectivity index (χ3v) is 2.49. The Kier molecular flexibility index (Phi) is 4.22. The van der Waals surface area contributed by atoms with Crippen LogP contribution in [0.4, 0.5) is 0 Å². The summed E-state index contributed by atoms with van der Waals surface area (Å²) >= 11 is 0. The smallest absolute Gasteiger partial charge is 0.376 e. The van der Waals surface area contributed by atoms with Crippen molar-refractivity contribution < 1.29 is 14.3 Å². The van der Waals surface area contributed by atoms with Gasteiger partial charge in [0, 0.05) is 7.11 Å². The van der Waals surface area contributed by atoms with Crippen molar-refractivity contribution in [3.63, 3.8) is 0 Å². The fourth-order valence-electron chi connectivity index (χ4n) is 1.36. The topological polar surface area (TPSA) is 66.2 Å². The largest absolute Gasteiger partial charge is 0.460 e. The van der Waals surface area contributed by atoms with Crippen LogP contribution >= 0.6 is 0 Å². The average Bonchev–Trinajstić information content (AvgIpc) is 2.61. The maximum atomic E-state index is 11.7. The number of nitrogens with zero attached hydrogens (tertiary/aromatic N) is 3. The second kappa shape index (κ2) is 5.27. The number of rotatable bonds is 5. The minimum atomic E-state index is -0.458. The Labute approximate surface area is 101 Å². The summed E-state index contributed by atoms with van der Waals surface area (Å²) in [6, 6.07) is 0. The van der Waals surface area contributed by atoms with Crippen LogP contribution in [0.25, 0.3) is 0 Å². The summed E-state index contributed by atoms with van der Waals surface area (Å²) in [5.74, 6) is 0.424. The maximum Gasteiger partial charge on any atom is 0.376 e. The monoisotopic (exact) mass is 241 g/mol. The maximum absolute atomic E-state index is 11.7. The fourth-order valence-corrected chi connectivity index (χ4v) is 1.36. The third kappa shape index (κ3) is 3.26. The lowest BCUT2D eigenvalue weighted by Crippen LogP contribution is -2.31. The van der Waals surface area contributed by atoms with Crippen molar-refractivity contribution >= 4 is 5.97 Å². The number of aryl methyl sites for hydroxylation is 1. The Bertz CT molecular complexity index is 399. The van der Waals surface area contributed by atoms with Crippen molar-refractivity contribution in [1.82, 2.24) is 14.8 Å². The zero-order chi connectivity index (χ0) is 13.1. The van der Waals surface area contributed by atoms with Crippen LogP contribution in [-0.2, 0) is 16.0 Å². The fraction of sp³-hybridized carbons (Fsp3) is 0.727. The summed E-state index contributed by atoms with van der Waals surface area (Å²) in [4.78, 5) is 11.7. The van der Waals surface area contributed by atoms with E-state index in [4.69, 9.17) is 9.47 Å². The first-order valence-corrected chi connectivity index (χ1v) is 5.53. The molecule has 0 aromatic carbocycles. The highest BCUT2D eigenvalue weighted by Gasteiger charge is 2.24. The van der Waals surface area contributed by atoms with E-state index in [9.17, 15) is 4.79 Å². The number of carbonyl (C=O) groups excluding carboxylic acids is 1. The van der Waals surface area contributed by atoms with E-state index in [2.05, 4.69) is 10.2 Å². The second-order valence-electron chi connectivity index (χ2n) is 4.34. The number of ether oxygens (including phenoxy) is 2. The van der Waals surface area contributed by atoms with Gasteiger partial charge in [-0.05, 0) is 27.7 Å². The number of esters is 1. The molecule has 1 aromatic rings. The molecule has 96 valence electrons. The Balaban J connectivity index is 2.98. The summed E-state index contributed by atoms with van der Waals surface area (Å²) in [6.07, 6.45) is 0. The van der Waals surface area contributed by atoms with E-state index in [1.165, 1.54) is 0 Å². The van der Waals surface area contributed by atoms with Crippen LogP contribution in [0.2, 0.25) is 0 Å². The molecule has 1 aromatic heterocycles. The van der Waals surface area contributed by atoms with Crippen molar-refractivity contribution in [2.24, 2.45) is 0 Å². The Hall–Kier alpha value is -1.43.